The third-order valence-electron chi connectivity index (χ3n) is 3.13. The van der Waals surface area contributed by atoms with Gasteiger partial charge in [0.25, 0.3) is 0 Å². The van der Waals surface area contributed by atoms with Crippen LogP contribution < -0.4 is 10.2 Å². The Balaban J connectivity index is 1.64. The van der Waals surface area contributed by atoms with E-state index in [1.54, 1.807) is 28.9 Å². The second-order valence-corrected chi connectivity index (χ2v) is 7.43. The lowest BCUT2D eigenvalue weighted by Crippen LogP contribution is -2.06. The van der Waals surface area contributed by atoms with Crippen LogP contribution >= 0.6 is 22.7 Å². The molecular weight excluding hydrogens is 338 g/mol. The highest BCUT2D eigenvalue weighted by Gasteiger charge is 2.05. The Morgan fingerprint density at radius 1 is 1.21 bits per heavy atom. The quantitative estimate of drug-likeness (QED) is 0.458. The minimum absolute atomic E-state index is 0.485. The van der Waals surface area contributed by atoms with E-state index in [4.69, 9.17) is 4.74 Å². The number of nitrogens with zero attached hydrogens (tertiary/aromatic N) is 2. The number of rotatable bonds is 7. The predicted molar refractivity (Wildman–Crippen MR) is 103 cm³/mol. The van der Waals surface area contributed by atoms with Gasteiger partial charge in [0.05, 0.1) is 23.4 Å². The first-order chi connectivity index (χ1) is 11.7. The topological polar surface area (TPSA) is 46.5 Å². The minimum atomic E-state index is 0.485. The van der Waals surface area contributed by atoms with Crippen molar-refractivity contribution in [2.45, 2.75) is 13.8 Å². The highest BCUT2D eigenvalue weighted by Crippen LogP contribution is 2.28. The molecule has 1 aromatic carbocycles. The Morgan fingerprint density at radius 3 is 2.88 bits per heavy atom. The summed E-state index contributed by atoms with van der Waals surface area (Å²) < 4.78 is 5.82. The molecule has 3 aromatic rings. The lowest BCUT2D eigenvalue weighted by atomic mass is 10.2. The molecule has 6 heteroatoms. The van der Waals surface area contributed by atoms with Crippen molar-refractivity contribution in [3.8, 4) is 16.3 Å². The number of hydrazone groups is 1. The third kappa shape index (κ3) is 4.43. The largest absolute Gasteiger partial charge is 0.493 e. The summed E-state index contributed by atoms with van der Waals surface area (Å²) in [5.74, 6) is 1.33. The SMILES string of the molecule is CC(C)COc1ccccc1/C=N\Nc1nc(-c2cccs2)cs1. The molecule has 2 aromatic heterocycles. The van der Waals surface area contributed by atoms with Crippen LogP contribution in [0.2, 0.25) is 0 Å². The number of hydrogen-bond acceptors (Lipinski definition) is 6. The fraction of sp³-hybridized carbons (Fsp3) is 0.222. The van der Waals surface area contributed by atoms with E-state index in [-0.39, 0.29) is 0 Å². The Kier molecular flexibility index (Phi) is 5.61. The van der Waals surface area contributed by atoms with Crippen LogP contribution in [0.4, 0.5) is 5.13 Å². The van der Waals surface area contributed by atoms with Crippen molar-refractivity contribution in [2.24, 2.45) is 11.0 Å². The molecule has 4 nitrogen and oxygen atoms in total. The second kappa shape index (κ2) is 8.08. The van der Waals surface area contributed by atoms with E-state index < -0.39 is 0 Å². The first kappa shape index (κ1) is 16.7. The number of thiazole rings is 1. The summed E-state index contributed by atoms with van der Waals surface area (Å²) in [5.41, 5.74) is 4.92. The van der Waals surface area contributed by atoms with Crippen molar-refractivity contribution in [1.82, 2.24) is 4.98 Å². The van der Waals surface area contributed by atoms with E-state index in [1.165, 1.54) is 0 Å². The smallest absolute Gasteiger partial charge is 0.203 e. The molecule has 0 atom stereocenters. The summed E-state index contributed by atoms with van der Waals surface area (Å²) in [6.45, 7) is 4.95. The molecule has 0 amide bonds. The van der Waals surface area contributed by atoms with E-state index in [9.17, 15) is 0 Å². The zero-order valence-electron chi connectivity index (χ0n) is 13.6. The molecule has 0 bridgehead atoms. The molecule has 0 aliphatic carbocycles. The van der Waals surface area contributed by atoms with Gasteiger partial charge in [0.1, 0.15) is 5.75 Å². The second-order valence-electron chi connectivity index (χ2n) is 5.63. The maximum absolute atomic E-state index is 5.82. The van der Waals surface area contributed by atoms with Crippen LogP contribution in [0.5, 0.6) is 5.75 Å². The van der Waals surface area contributed by atoms with Crippen LogP contribution in [0.15, 0.2) is 52.3 Å². The number of nitrogens with one attached hydrogen (secondary N) is 1. The highest BCUT2D eigenvalue weighted by atomic mass is 32.1. The van der Waals surface area contributed by atoms with Gasteiger partial charge in [-0.15, -0.1) is 22.7 Å². The van der Waals surface area contributed by atoms with Gasteiger partial charge in [0.2, 0.25) is 5.13 Å². The van der Waals surface area contributed by atoms with Crippen molar-refractivity contribution in [1.29, 1.82) is 0 Å². The monoisotopic (exact) mass is 357 g/mol. The summed E-state index contributed by atoms with van der Waals surface area (Å²) in [6, 6.07) is 12.0. The fourth-order valence-corrected chi connectivity index (χ4v) is 3.41. The van der Waals surface area contributed by atoms with E-state index in [1.807, 2.05) is 41.1 Å². The average molecular weight is 358 g/mol. The number of benzene rings is 1. The number of thiophene rings is 1. The van der Waals surface area contributed by atoms with Gasteiger partial charge < -0.3 is 4.74 Å². The molecule has 0 aliphatic heterocycles. The fourth-order valence-electron chi connectivity index (χ4n) is 1.99. The third-order valence-corrected chi connectivity index (χ3v) is 4.77. The van der Waals surface area contributed by atoms with Crippen molar-refractivity contribution < 1.29 is 4.74 Å². The van der Waals surface area contributed by atoms with Crippen molar-refractivity contribution in [2.75, 3.05) is 12.0 Å². The Labute approximate surface area is 149 Å². The van der Waals surface area contributed by atoms with E-state index in [0.29, 0.717) is 12.5 Å². The molecule has 3 rings (SSSR count). The van der Waals surface area contributed by atoms with Gasteiger partial charge in [0, 0.05) is 10.9 Å². The standard InChI is InChI=1S/C18H19N3OS2/c1-13(2)11-22-16-7-4-3-6-14(16)10-19-21-18-20-15(12-24-18)17-8-5-9-23-17/h3-10,12-13H,11H2,1-2H3,(H,20,21)/b19-10-. The maximum Gasteiger partial charge on any atom is 0.203 e. The molecule has 0 aliphatic rings. The van der Waals surface area contributed by atoms with Crippen LogP contribution in [0.1, 0.15) is 19.4 Å². The number of aromatic nitrogens is 1. The number of hydrogen-bond donors (Lipinski definition) is 1. The Bertz CT molecular complexity index is 794. The van der Waals surface area contributed by atoms with Gasteiger partial charge in [-0.1, -0.05) is 32.0 Å². The number of para-hydroxylation sites is 1. The molecule has 24 heavy (non-hydrogen) atoms. The Hall–Kier alpha value is -2.18. The van der Waals surface area contributed by atoms with Crippen molar-refractivity contribution in [3.63, 3.8) is 0 Å². The summed E-state index contributed by atoms with van der Waals surface area (Å²) >= 11 is 3.22. The van der Waals surface area contributed by atoms with Crippen LogP contribution in [-0.4, -0.2) is 17.8 Å². The van der Waals surface area contributed by atoms with E-state index in [0.717, 1.165) is 27.0 Å². The normalized spacial score (nSPS) is 11.3. The minimum Gasteiger partial charge on any atom is -0.493 e. The Morgan fingerprint density at radius 2 is 2.08 bits per heavy atom. The van der Waals surface area contributed by atoms with Crippen LogP contribution in [0, 0.1) is 5.92 Å². The summed E-state index contributed by atoms with van der Waals surface area (Å²) in [5, 5.41) is 9.14. The molecule has 0 fully saturated rings. The van der Waals surface area contributed by atoms with E-state index >= 15 is 0 Å². The lowest BCUT2D eigenvalue weighted by molar-refractivity contribution is 0.271. The van der Waals surface area contributed by atoms with Crippen molar-refractivity contribution >= 4 is 34.0 Å². The van der Waals surface area contributed by atoms with Crippen LogP contribution in [-0.2, 0) is 0 Å². The molecule has 0 saturated carbocycles. The predicted octanol–water partition coefficient (Wildman–Crippen LogP) is 5.35. The zero-order valence-corrected chi connectivity index (χ0v) is 15.2. The van der Waals surface area contributed by atoms with Gasteiger partial charge in [-0.25, -0.2) is 4.98 Å². The molecule has 1 N–H and O–H groups in total. The highest BCUT2D eigenvalue weighted by molar-refractivity contribution is 7.15. The van der Waals surface area contributed by atoms with Gasteiger partial charge in [-0.3, -0.25) is 5.43 Å². The zero-order chi connectivity index (χ0) is 16.8. The van der Waals surface area contributed by atoms with Gasteiger partial charge >= 0.3 is 0 Å². The first-order valence-corrected chi connectivity index (χ1v) is 9.48. The molecule has 0 radical (unpaired) electrons. The first-order valence-electron chi connectivity index (χ1n) is 7.72. The van der Waals surface area contributed by atoms with Crippen molar-refractivity contribution in [3.05, 3.63) is 52.7 Å². The molecule has 0 spiro atoms. The van der Waals surface area contributed by atoms with Gasteiger partial charge in [-0.05, 0) is 29.5 Å². The lowest BCUT2D eigenvalue weighted by Gasteiger charge is -2.10. The maximum atomic E-state index is 5.82. The molecule has 2 heterocycles. The summed E-state index contributed by atoms with van der Waals surface area (Å²) in [6.07, 6.45) is 1.77. The average Bonchev–Trinajstić information content (AvgIpc) is 3.25. The molecular formula is C18H19N3OS2. The van der Waals surface area contributed by atoms with Gasteiger partial charge in [0.15, 0.2) is 0 Å². The van der Waals surface area contributed by atoms with Crippen LogP contribution in [0.3, 0.4) is 0 Å². The molecule has 0 unspecified atom stereocenters. The number of anilines is 1. The van der Waals surface area contributed by atoms with Crippen LogP contribution in [0.25, 0.3) is 10.6 Å². The van der Waals surface area contributed by atoms with E-state index in [2.05, 4.69) is 35.4 Å². The molecule has 124 valence electrons. The molecule has 0 saturated heterocycles. The summed E-state index contributed by atoms with van der Waals surface area (Å²) in [7, 11) is 0. The number of ether oxygens (including phenoxy) is 1. The summed E-state index contributed by atoms with van der Waals surface area (Å²) in [4.78, 5) is 5.70. The van der Waals surface area contributed by atoms with Gasteiger partial charge in [-0.2, -0.15) is 5.10 Å².